The zero-order valence-electron chi connectivity index (χ0n) is 14.2. The van der Waals surface area contributed by atoms with E-state index in [0.29, 0.717) is 0 Å². The smallest absolute Gasteiger partial charge is 0.00519 e. The van der Waals surface area contributed by atoms with Crippen LogP contribution in [-0.4, -0.2) is 13.6 Å². The maximum atomic E-state index is 3.89. The second-order valence-corrected chi connectivity index (χ2v) is 6.26. The van der Waals surface area contributed by atoms with E-state index >= 15 is 0 Å². The van der Waals surface area contributed by atoms with Crippen LogP contribution < -0.4 is 5.32 Å². The number of hydrogen-bond donors (Lipinski definition) is 1. The molecule has 121 valence electrons. The molecule has 1 radical (unpaired) electrons. The van der Waals surface area contributed by atoms with Crippen molar-refractivity contribution in [2.45, 2.75) is 103 Å². The normalized spacial score (nSPS) is 11.1. The zero-order chi connectivity index (χ0) is 14.7. The van der Waals surface area contributed by atoms with Gasteiger partial charge in [-0.25, -0.2) is 0 Å². The molecule has 0 atom stereocenters. The monoisotopic (exact) mass is 282 g/mol. The molecule has 0 aromatic carbocycles. The van der Waals surface area contributed by atoms with E-state index in [4.69, 9.17) is 0 Å². The van der Waals surface area contributed by atoms with Gasteiger partial charge in [-0.2, -0.15) is 0 Å². The Hall–Kier alpha value is -0.0400. The lowest BCUT2D eigenvalue weighted by atomic mass is 10.0. The third kappa shape index (κ3) is 18.0. The molecule has 0 aromatic rings. The second-order valence-electron chi connectivity index (χ2n) is 6.26. The highest BCUT2D eigenvalue weighted by atomic mass is 14.8. The van der Waals surface area contributed by atoms with Gasteiger partial charge < -0.3 is 5.32 Å². The van der Waals surface area contributed by atoms with Gasteiger partial charge in [-0.15, -0.1) is 0 Å². The van der Waals surface area contributed by atoms with E-state index in [-0.39, 0.29) is 0 Å². The Balaban J connectivity index is 2.89. The average molecular weight is 283 g/mol. The Morgan fingerprint density at radius 1 is 0.500 bits per heavy atom. The largest absolute Gasteiger partial charge is 0.320 e. The van der Waals surface area contributed by atoms with Gasteiger partial charge in [-0.1, -0.05) is 103 Å². The summed E-state index contributed by atoms with van der Waals surface area (Å²) in [5, 5.41) is 3.21. The number of unbranched alkanes of at least 4 members (excludes halogenated alkanes) is 15. The lowest BCUT2D eigenvalue weighted by Gasteiger charge is -2.03. The van der Waals surface area contributed by atoms with Crippen LogP contribution in [0.25, 0.3) is 0 Å². The van der Waals surface area contributed by atoms with Crippen LogP contribution in [0.2, 0.25) is 0 Å². The lowest BCUT2D eigenvalue weighted by Crippen LogP contribution is -2.06. The summed E-state index contributed by atoms with van der Waals surface area (Å²) in [5.41, 5.74) is 0. The summed E-state index contributed by atoms with van der Waals surface area (Å²) in [7, 11) is 2.04. The summed E-state index contributed by atoms with van der Waals surface area (Å²) in [6.45, 7) is 5.08. The van der Waals surface area contributed by atoms with E-state index < -0.39 is 0 Å². The van der Waals surface area contributed by atoms with E-state index in [2.05, 4.69) is 12.2 Å². The summed E-state index contributed by atoms with van der Waals surface area (Å²) in [6, 6.07) is 0. The molecule has 1 nitrogen and oxygen atoms in total. The minimum atomic E-state index is 1.12. The van der Waals surface area contributed by atoms with Gasteiger partial charge in [0.1, 0.15) is 0 Å². The van der Waals surface area contributed by atoms with E-state index in [9.17, 15) is 0 Å². The first-order chi connectivity index (χ1) is 9.91. The van der Waals surface area contributed by atoms with Crippen LogP contribution in [0.15, 0.2) is 0 Å². The Morgan fingerprint density at radius 2 is 0.800 bits per heavy atom. The Morgan fingerprint density at radius 3 is 1.10 bits per heavy atom. The summed E-state index contributed by atoms with van der Waals surface area (Å²) in [5.74, 6) is 0. The van der Waals surface area contributed by atoms with E-state index in [1.165, 1.54) is 103 Å². The van der Waals surface area contributed by atoms with Crippen molar-refractivity contribution in [3.8, 4) is 0 Å². The SMILES string of the molecule is [CH2]CCCCCCCCCCCCCCCCCNC. The van der Waals surface area contributed by atoms with Crippen LogP contribution in [0, 0.1) is 6.92 Å². The van der Waals surface area contributed by atoms with E-state index in [1.54, 1.807) is 0 Å². The molecule has 0 aliphatic heterocycles. The molecule has 0 aromatic heterocycles. The van der Waals surface area contributed by atoms with Crippen LogP contribution in [-0.2, 0) is 0 Å². The Kier molecular flexibility index (Phi) is 18.9. The van der Waals surface area contributed by atoms with Gasteiger partial charge in [0, 0.05) is 0 Å². The summed E-state index contributed by atoms with van der Waals surface area (Å²) < 4.78 is 0. The van der Waals surface area contributed by atoms with Crippen molar-refractivity contribution in [2.75, 3.05) is 13.6 Å². The predicted octanol–water partition coefficient (Wildman–Crippen LogP) is 6.28. The van der Waals surface area contributed by atoms with Crippen molar-refractivity contribution in [3.63, 3.8) is 0 Å². The van der Waals surface area contributed by atoms with Crippen LogP contribution >= 0.6 is 0 Å². The van der Waals surface area contributed by atoms with Gasteiger partial charge in [-0.3, -0.25) is 0 Å². The number of hydrogen-bond acceptors (Lipinski definition) is 1. The number of rotatable bonds is 17. The summed E-state index contributed by atoms with van der Waals surface area (Å²) >= 11 is 0. The van der Waals surface area contributed by atoms with Crippen molar-refractivity contribution >= 4 is 0 Å². The van der Waals surface area contributed by atoms with Crippen LogP contribution in [0.5, 0.6) is 0 Å². The molecule has 0 rings (SSSR count). The molecule has 1 N–H and O–H groups in total. The molecular formula is C19H40N. The van der Waals surface area contributed by atoms with Crippen LogP contribution in [0.4, 0.5) is 0 Å². The van der Waals surface area contributed by atoms with Crippen molar-refractivity contribution < 1.29 is 0 Å². The molecule has 0 unspecified atom stereocenters. The topological polar surface area (TPSA) is 12.0 Å². The molecule has 0 aliphatic rings. The maximum Gasteiger partial charge on any atom is -0.00519 e. The molecule has 0 aliphatic carbocycles. The lowest BCUT2D eigenvalue weighted by molar-refractivity contribution is 0.529. The molecule has 0 saturated carbocycles. The Bertz CT molecular complexity index is 138. The number of nitrogens with one attached hydrogen (secondary N) is 1. The zero-order valence-corrected chi connectivity index (χ0v) is 14.2. The predicted molar refractivity (Wildman–Crippen MR) is 93.2 cm³/mol. The average Bonchev–Trinajstić information content (AvgIpc) is 2.47. The van der Waals surface area contributed by atoms with Gasteiger partial charge in [0.2, 0.25) is 0 Å². The third-order valence-corrected chi connectivity index (χ3v) is 4.18. The maximum absolute atomic E-state index is 3.89. The molecule has 0 fully saturated rings. The first-order valence-corrected chi connectivity index (χ1v) is 9.35. The van der Waals surface area contributed by atoms with E-state index in [1.807, 2.05) is 7.05 Å². The van der Waals surface area contributed by atoms with Crippen LogP contribution in [0.1, 0.15) is 103 Å². The minimum absolute atomic E-state index is 1.12. The molecule has 20 heavy (non-hydrogen) atoms. The highest BCUT2D eigenvalue weighted by Crippen LogP contribution is 2.13. The fourth-order valence-electron chi connectivity index (χ4n) is 2.78. The standard InChI is InChI=1S/C19H40N/c1-3-4-5-6-7-8-9-10-11-12-13-14-15-16-17-18-19-20-2/h20H,1,3-19H2,2H3. The molecule has 0 spiro atoms. The molecule has 0 amide bonds. The van der Waals surface area contributed by atoms with Gasteiger partial charge in [0.15, 0.2) is 0 Å². The second kappa shape index (κ2) is 19.0. The first kappa shape index (κ1) is 20.0. The molecular weight excluding hydrogens is 242 g/mol. The molecule has 1 heteroatoms. The minimum Gasteiger partial charge on any atom is -0.320 e. The Labute approximate surface area is 129 Å². The fraction of sp³-hybridized carbons (Fsp3) is 0.947. The highest BCUT2D eigenvalue weighted by Gasteiger charge is 1.94. The first-order valence-electron chi connectivity index (χ1n) is 9.35. The molecule has 0 bridgehead atoms. The van der Waals surface area contributed by atoms with Crippen molar-refractivity contribution in [3.05, 3.63) is 6.92 Å². The van der Waals surface area contributed by atoms with E-state index in [0.717, 1.165) is 6.42 Å². The van der Waals surface area contributed by atoms with Crippen molar-refractivity contribution in [1.29, 1.82) is 0 Å². The summed E-state index contributed by atoms with van der Waals surface area (Å²) in [6.07, 6.45) is 22.7. The van der Waals surface area contributed by atoms with Gasteiger partial charge >= 0.3 is 0 Å². The fourth-order valence-corrected chi connectivity index (χ4v) is 2.78. The van der Waals surface area contributed by atoms with Crippen molar-refractivity contribution in [2.24, 2.45) is 0 Å². The van der Waals surface area contributed by atoms with Gasteiger partial charge in [0.25, 0.3) is 0 Å². The summed E-state index contributed by atoms with van der Waals surface area (Å²) in [4.78, 5) is 0. The van der Waals surface area contributed by atoms with Gasteiger partial charge in [-0.05, 0) is 20.0 Å². The third-order valence-electron chi connectivity index (χ3n) is 4.18. The highest BCUT2D eigenvalue weighted by molar-refractivity contribution is 4.50. The van der Waals surface area contributed by atoms with Crippen LogP contribution in [0.3, 0.4) is 0 Å². The quantitative estimate of drug-likeness (QED) is 0.309. The molecule has 0 saturated heterocycles. The van der Waals surface area contributed by atoms with Gasteiger partial charge in [0.05, 0.1) is 0 Å². The van der Waals surface area contributed by atoms with Crippen molar-refractivity contribution in [1.82, 2.24) is 5.32 Å². The molecule has 0 heterocycles.